The number of hydrogen-bond acceptors (Lipinski definition) is 4. The zero-order chi connectivity index (χ0) is 19.0. The van der Waals surface area contributed by atoms with Crippen molar-refractivity contribution in [2.24, 2.45) is 13.0 Å². The van der Waals surface area contributed by atoms with E-state index in [-0.39, 0.29) is 17.7 Å². The van der Waals surface area contributed by atoms with Crippen LogP contribution in [0.25, 0.3) is 0 Å². The van der Waals surface area contributed by atoms with Gasteiger partial charge in [-0.15, -0.1) is 0 Å². The molecule has 7 nitrogen and oxygen atoms in total. The van der Waals surface area contributed by atoms with E-state index in [1.165, 1.54) is 0 Å². The van der Waals surface area contributed by atoms with Gasteiger partial charge in [0.25, 0.3) is 5.91 Å². The van der Waals surface area contributed by atoms with Crippen molar-refractivity contribution in [3.63, 3.8) is 0 Å². The second-order valence-corrected chi connectivity index (χ2v) is 7.52. The summed E-state index contributed by atoms with van der Waals surface area (Å²) < 4.78 is 8.03. The summed E-state index contributed by atoms with van der Waals surface area (Å²) in [5, 5.41) is 10.2. The van der Waals surface area contributed by atoms with Crippen LogP contribution in [-0.2, 0) is 11.8 Å². The minimum absolute atomic E-state index is 0.000933. The van der Waals surface area contributed by atoms with Gasteiger partial charge in [-0.3, -0.25) is 14.3 Å². The summed E-state index contributed by atoms with van der Waals surface area (Å²) in [5.74, 6) is 1.04. The number of rotatable bonds is 2. The fraction of sp³-hybridized carbons (Fsp3) is 0.450. The maximum atomic E-state index is 12.6. The van der Waals surface area contributed by atoms with Gasteiger partial charge in [-0.2, -0.15) is 5.10 Å². The van der Waals surface area contributed by atoms with Gasteiger partial charge in [0, 0.05) is 24.7 Å². The Morgan fingerprint density at radius 1 is 1.33 bits per heavy atom. The monoisotopic (exact) mass is 368 g/mol. The number of aromatic nitrogens is 2. The molecule has 2 amide bonds. The third-order valence-corrected chi connectivity index (χ3v) is 5.66. The molecular weight excluding hydrogens is 344 g/mol. The molecule has 0 atom stereocenters. The largest absolute Gasteiger partial charge is 0.485 e. The highest BCUT2D eigenvalue weighted by atomic mass is 16.5. The topological polar surface area (TPSA) is 85.2 Å². The highest BCUT2D eigenvalue weighted by molar-refractivity contribution is 5.97. The standard InChI is InChI=1S/C20H24N4O3/c1-13-11-17(23-24(13)2)22-18(25)14-7-9-20(10-8-14)12-21-19(26)15-5-3-4-6-16(15)27-20/h3-6,11,14H,7-10,12H2,1-2H3,(H,21,26)(H,22,23,25). The Morgan fingerprint density at radius 2 is 2.07 bits per heavy atom. The molecule has 142 valence electrons. The number of ether oxygens (including phenoxy) is 1. The van der Waals surface area contributed by atoms with Crippen LogP contribution in [0.3, 0.4) is 0 Å². The van der Waals surface area contributed by atoms with E-state index in [1.54, 1.807) is 10.7 Å². The molecule has 4 rings (SSSR count). The van der Waals surface area contributed by atoms with E-state index in [2.05, 4.69) is 15.7 Å². The lowest BCUT2D eigenvalue weighted by Crippen LogP contribution is -2.48. The maximum Gasteiger partial charge on any atom is 0.255 e. The molecule has 0 bridgehead atoms. The van der Waals surface area contributed by atoms with Crippen LogP contribution in [0.5, 0.6) is 5.75 Å². The number of hydrogen-bond donors (Lipinski definition) is 2. The van der Waals surface area contributed by atoms with Gasteiger partial charge >= 0.3 is 0 Å². The molecule has 27 heavy (non-hydrogen) atoms. The molecular formula is C20H24N4O3. The summed E-state index contributed by atoms with van der Waals surface area (Å²) in [7, 11) is 1.85. The molecule has 1 aliphatic carbocycles. The van der Waals surface area contributed by atoms with E-state index in [4.69, 9.17) is 4.74 Å². The molecule has 1 fully saturated rings. The van der Waals surface area contributed by atoms with E-state index in [1.807, 2.05) is 38.2 Å². The number of carbonyl (C=O) groups excluding carboxylic acids is 2. The van der Waals surface area contributed by atoms with Crippen LogP contribution >= 0.6 is 0 Å². The first-order valence-corrected chi connectivity index (χ1v) is 9.34. The molecule has 1 saturated carbocycles. The van der Waals surface area contributed by atoms with Gasteiger partial charge in [0.05, 0.1) is 12.1 Å². The third kappa shape index (κ3) is 3.41. The normalized spacial score (nSPS) is 24.5. The SMILES string of the molecule is Cc1cc(NC(=O)C2CCC3(CC2)CNC(=O)c2ccccc2O3)nn1C. The maximum absolute atomic E-state index is 12.6. The Morgan fingerprint density at radius 3 is 2.78 bits per heavy atom. The lowest BCUT2D eigenvalue weighted by Gasteiger charge is -2.39. The van der Waals surface area contributed by atoms with E-state index >= 15 is 0 Å². The molecule has 7 heteroatoms. The molecule has 0 unspecified atom stereocenters. The van der Waals surface area contributed by atoms with Crippen molar-refractivity contribution in [1.29, 1.82) is 0 Å². The van der Waals surface area contributed by atoms with Crippen molar-refractivity contribution in [2.75, 3.05) is 11.9 Å². The molecule has 1 spiro atoms. The second kappa shape index (κ2) is 6.72. The minimum atomic E-state index is -0.444. The summed E-state index contributed by atoms with van der Waals surface area (Å²) in [5.41, 5.74) is 1.12. The number of amides is 2. The third-order valence-electron chi connectivity index (χ3n) is 5.66. The highest BCUT2D eigenvalue weighted by Crippen LogP contribution is 2.38. The van der Waals surface area contributed by atoms with Crippen molar-refractivity contribution in [2.45, 2.75) is 38.2 Å². The lowest BCUT2D eigenvalue weighted by molar-refractivity contribution is -0.122. The summed E-state index contributed by atoms with van der Waals surface area (Å²) in [4.78, 5) is 24.9. The quantitative estimate of drug-likeness (QED) is 0.852. The molecule has 1 aliphatic heterocycles. The molecule has 2 aromatic rings. The molecule has 2 heterocycles. The predicted molar refractivity (Wildman–Crippen MR) is 101 cm³/mol. The van der Waals surface area contributed by atoms with Gasteiger partial charge in [0.1, 0.15) is 11.4 Å². The number of nitrogens with zero attached hydrogens (tertiary/aromatic N) is 2. The number of anilines is 1. The average Bonchev–Trinajstić information content (AvgIpc) is 2.90. The van der Waals surface area contributed by atoms with Crippen LogP contribution in [-0.4, -0.2) is 33.7 Å². The second-order valence-electron chi connectivity index (χ2n) is 7.52. The molecule has 2 aliphatic rings. The van der Waals surface area contributed by atoms with Gasteiger partial charge in [-0.25, -0.2) is 0 Å². The minimum Gasteiger partial charge on any atom is -0.485 e. The van der Waals surface area contributed by atoms with E-state index < -0.39 is 5.60 Å². The molecule has 1 aromatic heterocycles. The van der Waals surface area contributed by atoms with Crippen molar-refractivity contribution in [3.05, 3.63) is 41.6 Å². The number of benzene rings is 1. The summed E-state index contributed by atoms with van der Waals surface area (Å²) >= 11 is 0. The lowest BCUT2D eigenvalue weighted by atomic mass is 9.78. The van der Waals surface area contributed by atoms with Crippen LogP contribution in [0.2, 0.25) is 0 Å². The Kier molecular flexibility index (Phi) is 4.37. The Hall–Kier alpha value is -2.83. The van der Waals surface area contributed by atoms with Crippen molar-refractivity contribution in [1.82, 2.24) is 15.1 Å². The van der Waals surface area contributed by atoms with Crippen LogP contribution < -0.4 is 15.4 Å². The van der Waals surface area contributed by atoms with Crippen LogP contribution in [0, 0.1) is 12.8 Å². The Labute approximate surface area is 158 Å². The van der Waals surface area contributed by atoms with Gasteiger partial charge in [0.2, 0.25) is 5.91 Å². The molecule has 2 N–H and O–H groups in total. The molecule has 0 saturated heterocycles. The van der Waals surface area contributed by atoms with Crippen LogP contribution in [0.4, 0.5) is 5.82 Å². The summed E-state index contributed by atoms with van der Waals surface area (Å²) in [6, 6.07) is 9.18. The first-order chi connectivity index (χ1) is 13.0. The average molecular weight is 368 g/mol. The van der Waals surface area contributed by atoms with Crippen LogP contribution in [0.15, 0.2) is 30.3 Å². The summed E-state index contributed by atoms with van der Waals surface area (Å²) in [6.45, 7) is 2.41. The Balaban J connectivity index is 1.42. The first kappa shape index (κ1) is 17.6. The van der Waals surface area contributed by atoms with E-state index in [0.29, 0.717) is 23.7 Å². The van der Waals surface area contributed by atoms with E-state index in [0.717, 1.165) is 31.4 Å². The van der Waals surface area contributed by atoms with Crippen LogP contribution in [0.1, 0.15) is 41.7 Å². The van der Waals surface area contributed by atoms with Crippen molar-refractivity contribution < 1.29 is 14.3 Å². The van der Waals surface area contributed by atoms with Gasteiger partial charge in [0.15, 0.2) is 5.82 Å². The predicted octanol–water partition coefficient (Wildman–Crippen LogP) is 2.42. The Bertz CT molecular complexity index is 862. The van der Waals surface area contributed by atoms with Gasteiger partial charge < -0.3 is 15.4 Å². The van der Waals surface area contributed by atoms with Gasteiger partial charge in [-0.05, 0) is 44.7 Å². The summed E-state index contributed by atoms with van der Waals surface area (Å²) in [6.07, 6.45) is 2.88. The number of carbonyl (C=O) groups is 2. The molecule has 1 aromatic carbocycles. The van der Waals surface area contributed by atoms with Gasteiger partial charge in [-0.1, -0.05) is 12.1 Å². The fourth-order valence-electron chi connectivity index (χ4n) is 3.88. The van der Waals surface area contributed by atoms with Crippen molar-refractivity contribution in [3.8, 4) is 5.75 Å². The fourth-order valence-corrected chi connectivity index (χ4v) is 3.88. The zero-order valence-corrected chi connectivity index (χ0v) is 15.6. The number of aryl methyl sites for hydroxylation is 2. The number of para-hydroxylation sites is 1. The zero-order valence-electron chi connectivity index (χ0n) is 15.6. The molecule has 0 radical (unpaired) electrons. The first-order valence-electron chi connectivity index (χ1n) is 9.34. The number of fused-ring (bicyclic) bond motifs is 1. The highest BCUT2D eigenvalue weighted by Gasteiger charge is 2.42. The smallest absolute Gasteiger partial charge is 0.255 e. The van der Waals surface area contributed by atoms with E-state index in [9.17, 15) is 9.59 Å². The van der Waals surface area contributed by atoms with Crippen molar-refractivity contribution >= 4 is 17.6 Å². The number of nitrogens with one attached hydrogen (secondary N) is 2.